The molecule has 9 heteroatoms. The molecule has 2 saturated carbocycles. The molecule has 1 saturated heterocycles. The second-order valence-electron chi connectivity index (χ2n) is 11.6. The molecule has 8 nitrogen and oxygen atoms in total. The number of aliphatic hydroxyl groups is 1. The summed E-state index contributed by atoms with van der Waals surface area (Å²) in [6.45, 7) is 0.777. The van der Waals surface area contributed by atoms with E-state index in [1.54, 1.807) is 4.90 Å². The highest BCUT2D eigenvalue weighted by Gasteiger charge is 2.56. The van der Waals surface area contributed by atoms with Crippen LogP contribution >= 0.6 is 0 Å². The number of hydrogen-bond donors (Lipinski definition) is 1. The Morgan fingerprint density at radius 2 is 1.69 bits per heavy atom. The summed E-state index contributed by atoms with van der Waals surface area (Å²) in [5.74, 6) is -0.142. The van der Waals surface area contributed by atoms with Crippen LogP contribution in [0, 0.1) is 0 Å². The number of ketones is 1. The minimum atomic E-state index is -3.12. The van der Waals surface area contributed by atoms with Gasteiger partial charge >= 0.3 is 6.03 Å². The van der Waals surface area contributed by atoms with Crippen molar-refractivity contribution in [3.63, 3.8) is 0 Å². The van der Waals surface area contributed by atoms with Crippen molar-refractivity contribution in [2.75, 3.05) is 45.7 Å². The van der Waals surface area contributed by atoms with E-state index in [1.165, 1.54) is 11.8 Å². The second-order valence-corrected chi connectivity index (χ2v) is 13.9. The minimum absolute atomic E-state index is 0.00319. The van der Waals surface area contributed by atoms with Gasteiger partial charge in [-0.25, -0.2) is 13.2 Å². The Labute approximate surface area is 215 Å². The van der Waals surface area contributed by atoms with Crippen molar-refractivity contribution in [1.29, 1.82) is 0 Å². The highest BCUT2D eigenvalue weighted by atomic mass is 32.2. The van der Waals surface area contributed by atoms with Crippen molar-refractivity contribution in [2.45, 2.75) is 74.5 Å². The van der Waals surface area contributed by atoms with Gasteiger partial charge in [-0.15, -0.1) is 0 Å². The van der Waals surface area contributed by atoms with Crippen LogP contribution < -0.4 is 0 Å². The fourth-order valence-corrected chi connectivity index (χ4v) is 7.07. The van der Waals surface area contributed by atoms with Crippen LogP contribution in [0.1, 0.15) is 63.4 Å². The van der Waals surface area contributed by atoms with Gasteiger partial charge < -0.3 is 14.9 Å². The standard InChI is InChI=1S/C27H41N3O5S/c1-28(2)27(22-9-5-4-6-10-22)16-14-25(15-17-27)20-29(19-23(31)11-7-18-36(3,34)35)24(32)30(25)21-26(33)12-8-13-26/h4-6,9-10,33H,7-8,11-21H2,1-3H3. The molecule has 3 aliphatic rings. The first-order chi connectivity index (χ1) is 16.9. The zero-order chi connectivity index (χ0) is 26.2. The van der Waals surface area contributed by atoms with Gasteiger partial charge in [0.2, 0.25) is 0 Å². The van der Waals surface area contributed by atoms with Gasteiger partial charge in [0.05, 0.1) is 30.0 Å². The summed E-state index contributed by atoms with van der Waals surface area (Å²) in [4.78, 5) is 32.1. The number of nitrogens with zero attached hydrogens (tertiary/aromatic N) is 3. The summed E-state index contributed by atoms with van der Waals surface area (Å²) in [6, 6.07) is 10.3. The van der Waals surface area contributed by atoms with Gasteiger partial charge in [-0.1, -0.05) is 30.3 Å². The summed E-state index contributed by atoms with van der Waals surface area (Å²) in [5, 5.41) is 11.0. The first-order valence-electron chi connectivity index (χ1n) is 13.1. The molecular formula is C27H41N3O5S. The Morgan fingerprint density at radius 1 is 1.06 bits per heavy atom. The molecule has 0 radical (unpaired) electrons. The minimum Gasteiger partial charge on any atom is -0.388 e. The predicted octanol–water partition coefficient (Wildman–Crippen LogP) is 2.80. The van der Waals surface area contributed by atoms with Crippen LogP contribution in [0.5, 0.6) is 0 Å². The maximum atomic E-state index is 13.6. The third-order valence-electron chi connectivity index (χ3n) is 8.81. The van der Waals surface area contributed by atoms with Gasteiger partial charge in [0.15, 0.2) is 5.78 Å². The Morgan fingerprint density at radius 3 is 2.22 bits per heavy atom. The molecule has 2 amide bonds. The Bertz CT molecular complexity index is 1060. The van der Waals surface area contributed by atoms with Gasteiger partial charge in [-0.3, -0.25) is 9.69 Å². The number of sulfone groups is 1. The molecule has 1 spiro atoms. The first kappa shape index (κ1) is 27.1. The Hall–Kier alpha value is -1.97. The van der Waals surface area contributed by atoms with E-state index in [0.717, 1.165) is 32.1 Å². The van der Waals surface area contributed by atoms with E-state index in [4.69, 9.17) is 0 Å². The molecular weight excluding hydrogens is 478 g/mol. The lowest BCUT2D eigenvalue weighted by Crippen LogP contribution is -2.59. The number of Topliss-reactive ketones (excluding diaryl/α,β-unsaturated/α-hetero) is 1. The van der Waals surface area contributed by atoms with E-state index >= 15 is 0 Å². The van der Waals surface area contributed by atoms with Gasteiger partial charge in [0.1, 0.15) is 9.84 Å². The Balaban J connectivity index is 1.52. The lowest BCUT2D eigenvalue weighted by atomic mass is 9.67. The summed E-state index contributed by atoms with van der Waals surface area (Å²) < 4.78 is 22.8. The number of hydrogen-bond acceptors (Lipinski definition) is 6. The smallest absolute Gasteiger partial charge is 0.321 e. The van der Waals surface area contributed by atoms with Crippen molar-refractivity contribution in [3.8, 4) is 0 Å². The van der Waals surface area contributed by atoms with Crippen LogP contribution in [0.25, 0.3) is 0 Å². The number of rotatable bonds is 10. The molecule has 1 aromatic rings. The highest BCUT2D eigenvalue weighted by molar-refractivity contribution is 7.90. The molecule has 0 aromatic heterocycles. The normalized spacial score (nSPS) is 28.1. The van der Waals surface area contributed by atoms with Crippen LogP contribution in [-0.2, 0) is 20.2 Å². The number of β-amino-alcohol motifs (C(OH)–C–C–N with tert-alkyl or cyclic N) is 1. The van der Waals surface area contributed by atoms with Gasteiger partial charge in [0, 0.05) is 24.8 Å². The molecule has 1 N–H and O–H groups in total. The van der Waals surface area contributed by atoms with E-state index in [2.05, 4.69) is 43.3 Å². The number of carbonyl (C=O) groups excluding carboxylic acids is 2. The van der Waals surface area contributed by atoms with E-state index in [1.807, 2.05) is 11.0 Å². The Kier molecular flexibility index (Phi) is 7.57. The first-order valence-corrected chi connectivity index (χ1v) is 15.2. The maximum Gasteiger partial charge on any atom is 0.321 e. The van der Waals surface area contributed by atoms with E-state index < -0.39 is 21.0 Å². The average molecular weight is 520 g/mol. The van der Waals surface area contributed by atoms with Gasteiger partial charge in [-0.05, 0) is 71.0 Å². The number of amides is 2. The van der Waals surface area contributed by atoms with Crippen molar-refractivity contribution >= 4 is 21.7 Å². The molecule has 0 bridgehead atoms. The number of carbonyl (C=O) groups is 2. The number of benzene rings is 1. The molecule has 1 aromatic carbocycles. The van der Waals surface area contributed by atoms with Gasteiger partial charge in [0.25, 0.3) is 0 Å². The molecule has 3 fully saturated rings. The van der Waals surface area contributed by atoms with Crippen LogP contribution in [0.2, 0.25) is 0 Å². The third-order valence-corrected chi connectivity index (χ3v) is 9.84. The maximum absolute atomic E-state index is 13.6. The molecule has 1 heterocycles. The second kappa shape index (κ2) is 10.1. The molecule has 4 rings (SSSR count). The lowest BCUT2D eigenvalue weighted by molar-refractivity contribution is -0.119. The summed E-state index contributed by atoms with van der Waals surface area (Å²) >= 11 is 0. The molecule has 1 aliphatic heterocycles. The number of urea groups is 1. The zero-order valence-electron chi connectivity index (χ0n) is 21.9. The van der Waals surface area contributed by atoms with Crippen LogP contribution in [0.4, 0.5) is 4.79 Å². The highest BCUT2D eigenvalue weighted by Crippen LogP contribution is 2.50. The average Bonchev–Trinajstić information content (AvgIpc) is 3.03. The van der Waals surface area contributed by atoms with Crippen LogP contribution in [-0.4, -0.2) is 96.9 Å². The van der Waals surface area contributed by atoms with Crippen LogP contribution in [0.3, 0.4) is 0 Å². The molecule has 36 heavy (non-hydrogen) atoms. The fourth-order valence-electron chi connectivity index (χ4n) is 6.40. The quantitative estimate of drug-likeness (QED) is 0.511. The van der Waals surface area contributed by atoms with Gasteiger partial charge in [-0.2, -0.15) is 0 Å². The summed E-state index contributed by atoms with van der Waals surface area (Å²) in [7, 11) is 1.10. The van der Waals surface area contributed by atoms with E-state index in [0.29, 0.717) is 25.9 Å². The monoisotopic (exact) mass is 519 g/mol. The molecule has 0 atom stereocenters. The van der Waals surface area contributed by atoms with Crippen molar-refractivity contribution < 1.29 is 23.1 Å². The van der Waals surface area contributed by atoms with E-state index in [9.17, 15) is 23.1 Å². The third kappa shape index (κ3) is 5.48. The SMILES string of the molecule is CN(C)C1(c2ccccc2)CCC2(CC1)CN(CC(=O)CCCS(C)(=O)=O)C(=O)N2CC1(O)CCC1. The lowest BCUT2D eigenvalue weighted by Gasteiger charge is -2.52. The summed E-state index contributed by atoms with van der Waals surface area (Å²) in [5.41, 5.74) is -0.0998. The van der Waals surface area contributed by atoms with Crippen molar-refractivity contribution in [1.82, 2.24) is 14.7 Å². The van der Waals surface area contributed by atoms with Crippen molar-refractivity contribution in [2.24, 2.45) is 0 Å². The fraction of sp³-hybridized carbons (Fsp3) is 0.704. The zero-order valence-corrected chi connectivity index (χ0v) is 22.7. The van der Waals surface area contributed by atoms with Crippen molar-refractivity contribution in [3.05, 3.63) is 35.9 Å². The predicted molar refractivity (Wildman–Crippen MR) is 139 cm³/mol. The molecule has 200 valence electrons. The largest absolute Gasteiger partial charge is 0.388 e. The summed E-state index contributed by atoms with van der Waals surface area (Å²) in [6.07, 6.45) is 7.28. The van der Waals surface area contributed by atoms with Crippen LogP contribution in [0.15, 0.2) is 30.3 Å². The van der Waals surface area contributed by atoms with E-state index in [-0.39, 0.29) is 42.5 Å². The molecule has 2 aliphatic carbocycles. The topological polar surface area (TPSA) is 98.2 Å². The molecule has 0 unspecified atom stereocenters.